The maximum Gasteiger partial charge on any atom is 0.338 e. The van der Waals surface area contributed by atoms with Crippen LogP contribution in [0.2, 0.25) is 0 Å². The third-order valence-corrected chi connectivity index (χ3v) is 2.60. The van der Waals surface area contributed by atoms with E-state index in [1.807, 2.05) is 0 Å². The van der Waals surface area contributed by atoms with Gasteiger partial charge in [-0.1, -0.05) is 15.9 Å². The van der Waals surface area contributed by atoms with Crippen LogP contribution in [0.3, 0.4) is 0 Å². The number of ether oxygens (including phenoxy) is 1. The number of thiocarbonyl (C=S) groups is 1. The SMILES string of the molecule is COC(=O)c1cc(Br)cc(NC(N)=S)c1C. The molecule has 0 aromatic heterocycles. The molecule has 0 saturated carbocycles. The minimum atomic E-state index is -0.398. The number of hydrogen-bond donors (Lipinski definition) is 2. The molecule has 4 nitrogen and oxygen atoms in total. The van der Waals surface area contributed by atoms with Crippen molar-refractivity contribution < 1.29 is 9.53 Å². The number of hydrogen-bond acceptors (Lipinski definition) is 3. The van der Waals surface area contributed by atoms with Crippen LogP contribution in [0.5, 0.6) is 0 Å². The molecule has 16 heavy (non-hydrogen) atoms. The van der Waals surface area contributed by atoms with E-state index in [4.69, 9.17) is 18.0 Å². The van der Waals surface area contributed by atoms with Crippen molar-refractivity contribution in [3.8, 4) is 0 Å². The first-order valence-electron chi connectivity index (χ1n) is 4.40. The van der Waals surface area contributed by atoms with Crippen molar-refractivity contribution in [2.75, 3.05) is 12.4 Å². The molecule has 0 amide bonds. The van der Waals surface area contributed by atoms with E-state index in [2.05, 4.69) is 26.0 Å². The summed E-state index contributed by atoms with van der Waals surface area (Å²) in [5.41, 5.74) is 7.28. The third-order valence-electron chi connectivity index (χ3n) is 2.04. The third kappa shape index (κ3) is 2.93. The quantitative estimate of drug-likeness (QED) is 0.648. The zero-order chi connectivity index (χ0) is 12.3. The van der Waals surface area contributed by atoms with Gasteiger partial charge >= 0.3 is 5.97 Å². The Morgan fingerprint density at radius 1 is 1.56 bits per heavy atom. The van der Waals surface area contributed by atoms with Crippen LogP contribution in [0.4, 0.5) is 5.69 Å². The molecular formula is C10H11BrN2O2S. The number of methoxy groups -OCH3 is 1. The number of nitrogens with one attached hydrogen (secondary N) is 1. The molecule has 0 radical (unpaired) electrons. The Bertz CT molecular complexity index is 449. The standard InChI is InChI=1S/C10H11BrN2O2S/c1-5-7(9(14)15-2)3-6(11)4-8(5)13-10(12)16/h3-4H,1-2H3,(H3,12,13,16). The van der Waals surface area contributed by atoms with Crippen molar-refractivity contribution in [1.29, 1.82) is 0 Å². The first kappa shape index (κ1) is 12.9. The molecule has 0 aliphatic rings. The van der Waals surface area contributed by atoms with E-state index in [1.54, 1.807) is 19.1 Å². The summed E-state index contributed by atoms with van der Waals surface area (Å²) in [4.78, 5) is 11.5. The molecule has 0 saturated heterocycles. The summed E-state index contributed by atoms with van der Waals surface area (Å²) < 4.78 is 5.43. The maximum absolute atomic E-state index is 11.5. The zero-order valence-electron chi connectivity index (χ0n) is 8.83. The van der Waals surface area contributed by atoms with E-state index in [-0.39, 0.29) is 5.11 Å². The number of rotatable bonds is 2. The van der Waals surface area contributed by atoms with Crippen LogP contribution in [0.25, 0.3) is 0 Å². The fourth-order valence-electron chi connectivity index (χ4n) is 1.26. The second kappa shape index (κ2) is 5.27. The Morgan fingerprint density at radius 3 is 2.69 bits per heavy atom. The number of halogens is 1. The molecular weight excluding hydrogens is 292 g/mol. The first-order valence-corrected chi connectivity index (χ1v) is 5.60. The summed E-state index contributed by atoms with van der Waals surface area (Å²) >= 11 is 8.06. The average Bonchev–Trinajstić information content (AvgIpc) is 2.21. The van der Waals surface area contributed by atoms with Gasteiger partial charge in [0, 0.05) is 10.2 Å². The molecule has 0 fully saturated rings. The molecule has 0 heterocycles. The molecule has 0 aliphatic carbocycles. The van der Waals surface area contributed by atoms with Gasteiger partial charge in [-0.3, -0.25) is 0 Å². The Labute approximate surface area is 107 Å². The summed E-state index contributed by atoms with van der Waals surface area (Å²) in [6, 6.07) is 3.48. The molecule has 1 rings (SSSR count). The van der Waals surface area contributed by atoms with Crippen molar-refractivity contribution in [2.24, 2.45) is 5.73 Å². The minimum Gasteiger partial charge on any atom is -0.465 e. The van der Waals surface area contributed by atoms with Gasteiger partial charge in [0.15, 0.2) is 5.11 Å². The van der Waals surface area contributed by atoms with Gasteiger partial charge in [-0.05, 0) is 36.8 Å². The van der Waals surface area contributed by atoms with E-state index in [0.717, 1.165) is 10.0 Å². The van der Waals surface area contributed by atoms with Crippen LogP contribution in [0.15, 0.2) is 16.6 Å². The molecule has 3 N–H and O–H groups in total. The molecule has 1 aromatic carbocycles. The Hall–Kier alpha value is -1.14. The van der Waals surface area contributed by atoms with Crippen LogP contribution >= 0.6 is 28.1 Å². The number of nitrogens with two attached hydrogens (primary N) is 1. The Balaban J connectivity index is 3.25. The summed E-state index contributed by atoms with van der Waals surface area (Å²) in [5.74, 6) is -0.398. The summed E-state index contributed by atoms with van der Waals surface area (Å²) in [6.45, 7) is 1.79. The number of carbonyl (C=O) groups is 1. The van der Waals surface area contributed by atoms with Gasteiger partial charge in [-0.15, -0.1) is 0 Å². The highest BCUT2D eigenvalue weighted by Gasteiger charge is 2.13. The van der Waals surface area contributed by atoms with Gasteiger partial charge < -0.3 is 15.8 Å². The van der Waals surface area contributed by atoms with Gasteiger partial charge in [-0.25, -0.2) is 4.79 Å². The van der Waals surface area contributed by atoms with Crippen molar-refractivity contribution >= 4 is 44.9 Å². The van der Waals surface area contributed by atoms with Crippen LogP contribution in [-0.4, -0.2) is 18.2 Å². The largest absolute Gasteiger partial charge is 0.465 e. The van der Waals surface area contributed by atoms with E-state index in [9.17, 15) is 4.79 Å². The van der Waals surface area contributed by atoms with Gasteiger partial charge in [0.2, 0.25) is 0 Å². The molecule has 0 bridgehead atoms. The number of anilines is 1. The van der Waals surface area contributed by atoms with Crippen LogP contribution in [-0.2, 0) is 4.74 Å². The van der Waals surface area contributed by atoms with Gasteiger partial charge in [0.05, 0.1) is 12.7 Å². The fraction of sp³-hybridized carbons (Fsp3) is 0.200. The van der Waals surface area contributed by atoms with E-state index < -0.39 is 5.97 Å². The average molecular weight is 303 g/mol. The summed E-state index contributed by atoms with van der Waals surface area (Å²) in [5, 5.41) is 2.95. The zero-order valence-corrected chi connectivity index (χ0v) is 11.2. The lowest BCUT2D eigenvalue weighted by molar-refractivity contribution is 0.0600. The van der Waals surface area contributed by atoms with Crippen LogP contribution < -0.4 is 11.1 Å². The normalized spacial score (nSPS) is 9.69. The molecule has 0 spiro atoms. The lowest BCUT2D eigenvalue weighted by atomic mass is 10.1. The van der Waals surface area contributed by atoms with Crippen LogP contribution in [0, 0.1) is 6.92 Å². The highest BCUT2D eigenvalue weighted by Crippen LogP contribution is 2.25. The molecule has 0 aliphatic heterocycles. The Morgan fingerprint density at radius 2 is 2.19 bits per heavy atom. The second-order valence-electron chi connectivity index (χ2n) is 3.11. The second-order valence-corrected chi connectivity index (χ2v) is 4.46. The van der Waals surface area contributed by atoms with Crippen molar-refractivity contribution in [3.05, 3.63) is 27.7 Å². The lowest BCUT2D eigenvalue weighted by Gasteiger charge is -2.12. The first-order chi connectivity index (χ1) is 7.45. The molecule has 0 unspecified atom stereocenters. The van der Waals surface area contributed by atoms with Crippen LogP contribution in [0.1, 0.15) is 15.9 Å². The number of benzene rings is 1. The highest BCUT2D eigenvalue weighted by atomic mass is 79.9. The smallest absolute Gasteiger partial charge is 0.338 e. The number of esters is 1. The van der Waals surface area contributed by atoms with Gasteiger partial charge in [0.1, 0.15) is 0 Å². The minimum absolute atomic E-state index is 0.150. The lowest BCUT2D eigenvalue weighted by Crippen LogP contribution is -2.20. The predicted octanol–water partition coefficient (Wildman–Crippen LogP) is 2.20. The van der Waals surface area contributed by atoms with Crippen molar-refractivity contribution in [3.63, 3.8) is 0 Å². The predicted molar refractivity (Wildman–Crippen MR) is 70.6 cm³/mol. The molecule has 6 heteroatoms. The van der Waals surface area contributed by atoms with Gasteiger partial charge in [-0.2, -0.15) is 0 Å². The fourth-order valence-corrected chi connectivity index (χ4v) is 1.83. The monoisotopic (exact) mass is 302 g/mol. The highest BCUT2D eigenvalue weighted by molar-refractivity contribution is 9.10. The van der Waals surface area contributed by atoms with Crippen molar-refractivity contribution in [2.45, 2.75) is 6.92 Å². The summed E-state index contributed by atoms with van der Waals surface area (Å²) in [7, 11) is 1.34. The molecule has 86 valence electrons. The number of carbonyl (C=O) groups excluding carboxylic acids is 1. The molecule has 1 aromatic rings. The topological polar surface area (TPSA) is 64.3 Å². The van der Waals surface area contributed by atoms with E-state index in [0.29, 0.717) is 11.3 Å². The molecule has 0 atom stereocenters. The van der Waals surface area contributed by atoms with E-state index in [1.165, 1.54) is 7.11 Å². The van der Waals surface area contributed by atoms with Gasteiger partial charge in [0.25, 0.3) is 0 Å². The maximum atomic E-state index is 11.5. The van der Waals surface area contributed by atoms with E-state index >= 15 is 0 Å². The van der Waals surface area contributed by atoms with Crippen molar-refractivity contribution in [1.82, 2.24) is 0 Å². The summed E-state index contributed by atoms with van der Waals surface area (Å²) in [6.07, 6.45) is 0. The Kier molecular flexibility index (Phi) is 4.26.